The highest BCUT2D eigenvalue weighted by atomic mass is 16.1. The maximum absolute atomic E-state index is 11.5. The van der Waals surface area contributed by atoms with Crippen molar-refractivity contribution in [2.24, 2.45) is 5.92 Å². The zero-order valence-corrected chi connectivity index (χ0v) is 8.15. The van der Waals surface area contributed by atoms with Crippen molar-refractivity contribution in [1.29, 1.82) is 0 Å². The van der Waals surface area contributed by atoms with Crippen molar-refractivity contribution in [2.45, 2.75) is 38.1 Å². The van der Waals surface area contributed by atoms with E-state index in [1.165, 1.54) is 25.7 Å². The van der Waals surface area contributed by atoms with Gasteiger partial charge in [-0.1, -0.05) is 0 Å². The lowest BCUT2D eigenvalue weighted by atomic mass is 10.3. The molecular weight excluding hydrogens is 176 g/mol. The lowest BCUT2D eigenvalue weighted by Crippen LogP contribution is -2.23. The quantitative estimate of drug-likeness (QED) is 0.724. The Hall–Kier alpha value is -1.12. The van der Waals surface area contributed by atoms with Crippen molar-refractivity contribution >= 4 is 0 Å². The fourth-order valence-electron chi connectivity index (χ4n) is 1.74. The molecule has 2 aliphatic carbocycles. The van der Waals surface area contributed by atoms with E-state index < -0.39 is 0 Å². The van der Waals surface area contributed by atoms with E-state index >= 15 is 0 Å². The van der Waals surface area contributed by atoms with Crippen LogP contribution in [-0.4, -0.2) is 9.78 Å². The fourth-order valence-corrected chi connectivity index (χ4v) is 1.74. The standard InChI is InChI=1S/C11H14N2O/c14-11-6-5-10(9-3-4-9)12-13(11)7-8-1-2-8/h5-6,8-9H,1-4,7H2. The Balaban J connectivity index is 1.90. The molecule has 1 aromatic heterocycles. The van der Waals surface area contributed by atoms with E-state index in [4.69, 9.17) is 0 Å². The van der Waals surface area contributed by atoms with Crippen LogP contribution in [0.3, 0.4) is 0 Å². The van der Waals surface area contributed by atoms with Gasteiger partial charge in [-0.25, -0.2) is 4.68 Å². The summed E-state index contributed by atoms with van der Waals surface area (Å²) in [4.78, 5) is 11.5. The van der Waals surface area contributed by atoms with Crippen LogP contribution in [0.1, 0.15) is 37.3 Å². The van der Waals surface area contributed by atoms with Crippen molar-refractivity contribution in [3.8, 4) is 0 Å². The molecule has 0 amide bonds. The highest BCUT2D eigenvalue weighted by molar-refractivity contribution is 5.12. The molecule has 0 aromatic carbocycles. The summed E-state index contributed by atoms with van der Waals surface area (Å²) < 4.78 is 1.66. The minimum atomic E-state index is 0.0568. The Morgan fingerprint density at radius 3 is 2.71 bits per heavy atom. The monoisotopic (exact) mass is 190 g/mol. The van der Waals surface area contributed by atoms with Gasteiger partial charge in [0.2, 0.25) is 0 Å². The third-order valence-electron chi connectivity index (χ3n) is 3.01. The average molecular weight is 190 g/mol. The number of rotatable bonds is 3. The lowest BCUT2D eigenvalue weighted by Gasteiger charge is -2.04. The molecule has 0 atom stereocenters. The van der Waals surface area contributed by atoms with Crippen molar-refractivity contribution in [3.05, 3.63) is 28.2 Å². The van der Waals surface area contributed by atoms with Gasteiger partial charge in [0.25, 0.3) is 5.56 Å². The van der Waals surface area contributed by atoms with Crippen molar-refractivity contribution in [2.75, 3.05) is 0 Å². The SMILES string of the molecule is O=c1ccc(C2CC2)nn1CC1CC1. The van der Waals surface area contributed by atoms with Crippen LogP contribution >= 0.6 is 0 Å². The van der Waals surface area contributed by atoms with Crippen molar-refractivity contribution in [3.63, 3.8) is 0 Å². The smallest absolute Gasteiger partial charge is 0.266 e. The van der Waals surface area contributed by atoms with Crippen LogP contribution < -0.4 is 5.56 Å². The second kappa shape index (κ2) is 2.94. The molecule has 0 radical (unpaired) electrons. The van der Waals surface area contributed by atoms with Gasteiger partial charge in [-0.15, -0.1) is 0 Å². The number of aromatic nitrogens is 2. The van der Waals surface area contributed by atoms with Crippen molar-refractivity contribution < 1.29 is 0 Å². The predicted molar refractivity (Wildman–Crippen MR) is 53.2 cm³/mol. The van der Waals surface area contributed by atoms with Gasteiger partial charge in [0.15, 0.2) is 0 Å². The van der Waals surface area contributed by atoms with Gasteiger partial charge in [-0.05, 0) is 37.7 Å². The maximum atomic E-state index is 11.5. The predicted octanol–water partition coefficient (Wildman–Crippen LogP) is 1.53. The summed E-state index contributed by atoms with van der Waals surface area (Å²) in [7, 11) is 0. The Labute approximate surface area is 82.8 Å². The number of hydrogen-bond acceptors (Lipinski definition) is 2. The van der Waals surface area contributed by atoms with Gasteiger partial charge < -0.3 is 0 Å². The van der Waals surface area contributed by atoms with Crippen LogP contribution in [0.2, 0.25) is 0 Å². The first-order valence-electron chi connectivity index (χ1n) is 5.41. The van der Waals surface area contributed by atoms with Gasteiger partial charge in [0.05, 0.1) is 5.69 Å². The van der Waals surface area contributed by atoms with Crippen molar-refractivity contribution in [1.82, 2.24) is 9.78 Å². The van der Waals surface area contributed by atoms with Crippen LogP contribution in [0.25, 0.3) is 0 Å². The fraction of sp³-hybridized carbons (Fsp3) is 0.636. The minimum absolute atomic E-state index is 0.0568. The first-order valence-corrected chi connectivity index (χ1v) is 5.41. The van der Waals surface area contributed by atoms with Gasteiger partial charge >= 0.3 is 0 Å². The maximum Gasteiger partial charge on any atom is 0.266 e. The molecule has 1 aromatic rings. The Bertz CT molecular complexity index is 402. The molecule has 0 spiro atoms. The average Bonchev–Trinajstić information content (AvgIpc) is 3.01. The first-order chi connectivity index (χ1) is 6.83. The molecule has 2 fully saturated rings. The molecule has 14 heavy (non-hydrogen) atoms. The van der Waals surface area contributed by atoms with Gasteiger partial charge in [0.1, 0.15) is 0 Å². The summed E-state index contributed by atoms with van der Waals surface area (Å²) in [6.45, 7) is 0.833. The molecule has 2 aliphatic rings. The molecule has 2 saturated carbocycles. The minimum Gasteiger partial charge on any atom is -0.268 e. The molecule has 3 nitrogen and oxygen atoms in total. The summed E-state index contributed by atoms with van der Waals surface area (Å²) >= 11 is 0. The Morgan fingerprint density at radius 1 is 1.29 bits per heavy atom. The molecule has 3 rings (SSSR count). The lowest BCUT2D eigenvalue weighted by molar-refractivity contribution is 0.523. The molecule has 0 N–H and O–H groups in total. The van der Waals surface area contributed by atoms with E-state index in [0.29, 0.717) is 5.92 Å². The Morgan fingerprint density at radius 2 is 2.07 bits per heavy atom. The topological polar surface area (TPSA) is 34.9 Å². The highest BCUT2D eigenvalue weighted by Crippen LogP contribution is 2.38. The summed E-state index contributed by atoms with van der Waals surface area (Å²) in [6, 6.07) is 3.56. The van der Waals surface area contributed by atoms with E-state index in [9.17, 15) is 4.79 Å². The molecule has 0 unspecified atom stereocenters. The van der Waals surface area contributed by atoms with E-state index in [1.54, 1.807) is 10.7 Å². The van der Waals surface area contributed by atoms with E-state index in [0.717, 1.165) is 18.2 Å². The first kappa shape index (κ1) is 8.21. The molecule has 1 heterocycles. The van der Waals surface area contributed by atoms with Gasteiger partial charge in [0, 0.05) is 18.5 Å². The number of hydrogen-bond donors (Lipinski definition) is 0. The molecule has 74 valence electrons. The van der Waals surface area contributed by atoms with Gasteiger partial charge in [-0.2, -0.15) is 5.10 Å². The van der Waals surface area contributed by atoms with E-state index in [-0.39, 0.29) is 5.56 Å². The molecule has 0 saturated heterocycles. The van der Waals surface area contributed by atoms with Crippen LogP contribution in [-0.2, 0) is 6.54 Å². The highest BCUT2D eigenvalue weighted by Gasteiger charge is 2.27. The van der Waals surface area contributed by atoms with Crippen LogP contribution in [0, 0.1) is 5.92 Å². The van der Waals surface area contributed by atoms with Crippen LogP contribution in [0.5, 0.6) is 0 Å². The summed E-state index contributed by atoms with van der Waals surface area (Å²) in [6.07, 6.45) is 5.02. The third-order valence-corrected chi connectivity index (χ3v) is 3.01. The van der Waals surface area contributed by atoms with Crippen LogP contribution in [0.4, 0.5) is 0 Å². The molecule has 0 aliphatic heterocycles. The second-order valence-corrected chi connectivity index (χ2v) is 4.50. The summed E-state index contributed by atoms with van der Waals surface area (Å²) in [5.41, 5.74) is 1.17. The molecular formula is C11H14N2O. The largest absolute Gasteiger partial charge is 0.268 e. The summed E-state index contributed by atoms with van der Waals surface area (Å²) in [5.74, 6) is 1.36. The zero-order valence-electron chi connectivity index (χ0n) is 8.15. The van der Waals surface area contributed by atoms with E-state index in [1.807, 2.05) is 6.07 Å². The second-order valence-electron chi connectivity index (χ2n) is 4.50. The zero-order chi connectivity index (χ0) is 9.54. The van der Waals surface area contributed by atoms with Crippen LogP contribution in [0.15, 0.2) is 16.9 Å². The molecule has 0 bridgehead atoms. The van der Waals surface area contributed by atoms with Gasteiger partial charge in [-0.3, -0.25) is 4.79 Å². The van der Waals surface area contributed by atoms with E-state index in [2.05, 4.69) is 5.10 Å². The Kier molecular flexibility index (Phi) is 1.72. The summed E-state index contributed by atoms with van der Waals surface area (Å²) in [5, 5.41) is 4.42. The third kappa shape index (κ3) is 1.59. The number of nitrogens with zero attached hydrogens (tertiary/aromatic N) is 2. The molecule has 3 heteroatoms. The normalized spacial score (nSPS) is 21.1.